The number of benzene rings is 3. The van der Waals surface area contributed by atoms with Crippen LogP contribution in [0.2, 0.25) is 0 Å². The van der Waals surface area contributed by atoms with Crippen molar-refractivity contribution in [2.75, 3.05) is 4.90 Å². The second kappa shape index (κ2) is 11.3. The molecule has 14 heteroatoms. The summed E-state index contributed by atoms with van der Waals surface area (Å²) in [6.07, 6.45) is -0.620. The van der Waals surface area contributed by atoms with Gasteiger partial charge in [-0.15, -0.1) is 0 Å². The van der Waals surface area contributed by atoms with E-state index in [2.05, 4.69) is 9.98 Å². The molecule has 1 aliphatic rings. The Morgan fingerprint density at radius 2 is 1.08 bits per heavy atom. The van der Waals surface area contributed by atoms with Crippen LogP contribution in [0.4, 0.5) is 5.69 Å². The van der Waals surface area contributed by atoms with E-state index in [9.17, 15) is 25.9 Å². The van der Waals surface area contributed by atoms with Gasteiger partial charge in [-0.2, -0.15) is 21.8 Å². The SMILES string of the molecule is NC1=NC(N)N(c2ccccc2)C(N)=N1.O=S(=O)(O)C(=C(c1ccccc1)S(=O)(=O)O)c1ccccc1. The minimum Gasteiger partial charge on any atom is -0.369 e. The van der Waals surface area contributed by atoms with E-state index in [-0.39, 0.29) is 23.0 Å². The van der Waals surface area contributed by atoms with Crippen LogP contribution in [-0.2, 0) is 20.2 Å². The van der Waals surface area contributed by atoms with Crippen LogP contribution in [0.1, 0.15) is 11.1 Å². The van der Waals surface area contributed by atoms with Gasteiger partial charge in [0.15, 0.2) is 6.29 Å². The second-order valence-corrected chi connectivity index (χ2v) is 10.1. The Labute approximate surface area is 214 Å². The zero-order valence-corrected chi connectivity index (χ0v) is 20.8. The molecule has 8 N–H and O–H groups in total. The van der Waals surface area contributed by atoms with Crippen molar-refractivity contribution in [3.05, 3.63) is 102 Å². The highest BCUT2D eigenvalue weighted by molar-refractivity contribution is 8.01. The molecule has 1 aliphatic heterocycles. The van der Waals surface area contributed by atoms with Crippen LogP contribution in [0.5, 0.6) is 0 Å². The van der Waals surface area contributed by atoms with Crippen LogP contribution in [0.25, 0.3) is 9.81 Å². The zero-order chi connectivity index (χ0) is 27.2. The molecule has 0 aliphatic carbocycles. The molecule has 194 valence electrons. The van der Waals surface area contributed by atoms with Gasteiger partial charge in [-0.25, -0.2) is 4.99 Å². The van der Waals surface area contributed by atoms with Crippen molar-refractivity contribution in [1.29, 1.82) is 0 Å². The van der Waals surface area contributed by atoms with E-state index in [0.717, 1.165) is 5.69 Å². The molecule has 12 nitrogen and oxygen atoms in total. The van der Waals surface area contributed by atoms with Crippen molar-refractivity contribution in [3.8, 4) is 0 Å². The summed E-state index contributed by atoms with van der Waals surface area (Å²) < 4.78 is 65.8. The first-order valence-corrected chi connectivity index (χ1v) is 13.3. The summed E-state index contributed by atoms with van der Waals surface area (Å²) in [5.41, 5.74) is 17.7. The molecule has 0 spiro atoms. The fraction of sp³-hybridized carbons (Fsp3) is 0.0435. The average molecular weight is 545 g/mol. The van der Waals surface area contributed by atoms with E-state index in [1.807, 2.05) is 30.3 Å². The lowest BCUT2D eigenvalue weighted by Crippen LogP contribution is -2.52. The summed E-state index contributed by atoms with van der Waals surface area (Å²) in [6, 6.07) is 23.8. The van der Waals surface area contributed by atoms with E-state index in [1.165, 1.54) is 48.5 Å². The molecule has 1 unspecified atom stereocenters. The first-order chi connectivity index (χ1) is 17.4. The third-order valence-corrected chi connectivity index (χ3v) is 6.87. The molecular formula is C23H24N6O6S2. The Morgan fingerprint density at radius 3 is 1.43 bits per heavy atom. The molecule has 0 saturated heterocycles. The Kier molecular flexibility index (Phi) is 8.42. The Morgan fingerprint density at radius 1 is 0.703 bits per heavy atom. The highest BCUT2D eigenvalue weighted by atomic mass is 32.2. The van der Waals surface area contributed by atoms with Crippen LogP contribution in [0.15, 0.2) is 101 Å². The molecule has 0 aromatic heterocycles. The Balaban J connectivity index is 0.000000220. The van der Waals surface area contributed by atoms with Crippen LogP contribution in [0.3, 0.4) is 0 Å². The number of aliphatic imine (C=N–C) groups is 2. The first kappa shape index (κ1) is 27.5. The minimum atomic E-state index is -4.91. The lowest BCUT2D eigenvalue weighted by atomic mass is 10.1. The molecule has 0 fully saturated rings. The van der Waals surface area contributed by atoms with E-state index in [4.69, 9.17) is 17.2 Å². The fourth-order valence-electron chi connectivity index (χ4n) is 3.38. The van der Waals surface area contributed by atoms with Crippen molar-refractivity contribution in [2.45, 2.75) is 6.29 Å². The number of guanidine groups is 2. The van der Waals surface area contributed by atoms with Gasteiger partial charge >= 0.3 is 0 Å². The number of anilines is 1. The van der Waals surface area contributed by atoms with Crippen molar-refractivity contribution in [2.24, 2.45) is 27.2 Å². The van der Waals surface area contributed by atoms with Crippen molar-refractivity contribution in [3.63, 3.8) is 0 Å². The molecule has 1 atom stereocenters. The smallest absolute Gasteiger partial charge is 0.296 e. The lowest BCUT2D eigenvalue weighted by Gasteiger charge is -2.29. The van der Waals surface area contributed by atoms with Crippen LogP contribution in [0, 0.1) is 0 Å². The maximum absolute atomic E-state index is 11.7. The Hall–Kier alpha value is -4.08. The molecule has 4 rings (SSSR count). The summed E-state index contributed by atoms with van der Waals surface area (Å²) in [4.78, 5) is 7.64. The standard InChI is InChI=1S/C14H12O6S2.C9H12N6/c15-21(16,17)13(11-7-3-1-4-8-11)14(22(18,19)20)12-9-5-2-6-10-12;10-7-13-8(11)15(9(12)14-7)6-4-2-1-3-5-6/h1-10H,(H,15,16,17)(H,18,19,20);1-5,8H,11H2,(H4,10,12,13,14). The molecule has 0 bridgehead atoms. The van der Waals surface area contributed by atoms with Crippen LogP contribution >= 0.6 is 0 Å². The topological polar surface area (TPSA) is 215 Å². The van der Waals surface area contributed by atoms with Crippen molar-refractivity contribution < 1.29 is 25.9 Å². The van der Waals surface area contributed by atoms with Gasteiger partial charge in [0.25, 0.3) is 20.2 Å². The minimum absolute atomic E-state index is 0.0542. The monoisotopic (exact) mass is 544 g/mol. The normalized spacial score (nSPS) is 16.5. The predicted octanol–water partition coefficient (Wildman–Crippen LogP) is 1.67. The number of hydrogen-bond donors (Lipinski definition) is 5. The molecule has 0 amide bonds. The molecule has 0 radical (unpaired) electrons. The van der Waals surface area contributed by atoms with Gasteiger partial charge in [-0.1, -0.05) is 78.9 Å². The van der Waals surface area contributed by atoms with Gasteiger partial charge in [-0.3, -0.25) is 19.7 Å². The van der Waals surface area contributed by atoms with E-state index in [0.29, 0.717) is 0 Å². The number of nitrogens with zero attached hydrogens (tertiary/aromatic N) is 3. The molecule has 1 heterocycles. The van der Waals surface area contributed by atoms with Gasteiger partial charge in [0.05, 0.1) is 0 Å². The summed E-state index contributed by atoms with van der Waals surface area (Å²) in [7, 11) is -9.82. The van der Waals surface area contributed by atoms with Crippen LogP contribution < -0.4 is 22.1 Å². The quantitative estimate of drug-likeness (QED) is 0.231. The molecular weight excluding hydrogens is 520 g/mol. The summed E-state index contributed by atoms with van der Waals surface area (Å²) in [5.74, 6) is 0.355. The lowest BCUT2D eigenvalue weighted by molar-refractivity contribution is 0.491. The van der Waals surface area contributed by atoms with Crippen LogP contribution in [-0.4, -0.2) is 44.1 Å². The summed E-state index contributed by atoms with van der Waals surface area (Å²) in [6.45, 7) is 0. The third-order valence-electron chi connectivity index (χ3n) is 4.83. The largest absolute Gasteiger partial charge is 0.369 e. The van der Waals surface area contributed by atoms with Crippen molar-refractivity contribution in [1.82, 2.24) is 0 Å². The van der Waals surface area contributed by atoms with Gasteiger partial charge in [0, 0.05) is 5.69 Å². The highest BCUT2D eigenvalue weighted by Crippen LogP contribution is 2.33. The maximum Gasteiger partial charge on any atom is 0.296 e. The van der Waals surface area contributed by atoms with Gasteiger partial charge in [-0.05, 0) is 23.3 Å². The number of hydrogen-bond acceptors (Lipinski definition) is 10. The molecule has 3 aromatic rings. The zero-order valence-electron chi connectivity index (χ0n) is 19.2. The van der Waals surface area contributed by atoms with E-state index in [1.54, 1.807) is 17.0 Å². The number of para-hydroxylation sites is 1. The second-order valence-electron chi connectivity index (χ2n) is 7.42. The number of nitrogens with two attached hydrogens (primary N) is 3. The summed E-state index contributed by atoms with van der Waals surface area (Å²) in [5, 5.41) is 0. The average Bonchev–Trinajstić information content (AvgIpc) is 2.82. The molecule has 0 saturated carbocycles. The first-order valence-electron chi connectivity index (χ1n) is 10.5. The van der Waals surface area contributed by atoms with Gasteiger partial charge in [0.2, 0.25) is 11.9 Å². The highest BCUT2D eigenvalue weighted by Gasteiger charge is 2.30. The van der Waals surface area contributed by atoms with Crippen molar-refractivity contribution >= 4 is 47.7 Å². The molecule has 37 heavy (non-hydrogen) atoms. The van der Waals surface area contributed by atoms with E-state index < -0.39 is 36.3 Å². The van der Waals surface area contributed by atoms with E-state index >= 15 is 0 Å². The Bertz CT molecular complexity index is 1470. The maximum atomic E-state index is 11.7. The third kappa shape index (κ3) is 6.99. The van der Waals surface area contributed by atoms with Gasteiger partial charge in [0.1, 0.15) is 9.81 Å². The van der Waals surface area contributed by atoms with Gasteiger partial charge < -0.3 is 11.5 Å². The molecule has 3 aromatic carbocycles. The predicted molar refractivity (Wildman–Crippen MR) is 143 cm³/mol. The fourth-order valence-corrected chi connectivity index (χ4v) is 5.58. The summed E-state index contributed by atoms with van der Waals surface area (Å²) >= 11 is 0. The number of rotatable bonds is 5.